The fourth-order valence-corrected chi connectivity index (χ4v) is 3.38. The third kappa shape index (κ3) is 4.70. The minimum Gasteiger partial charge on any atom is -0.493 e. The van der Waals surface area contributed by atoms with Gasteiger partial charge >= 0.3 is 6.61 Å². The molecule has 0 spiro atoms. The molecule has 0 fully saturated rings. The summed E-state index contributed by atoms with van der Waals surface area (Å²) in [5, 5.41) is 0. The zero-order chi connectivity index (χ0) is 21.0. The second kappa shape index (κ2) is 8.98. The topological polar surface area (TPSA) is 51.2 Å². The van der Waals surface area contributed by atoms with Gasteiger partial charge in [-0.1, -0.05) is 12.1 Å². The number of rotatable bonds is 7. The van der Waals surface area contributed by atoms with E-state index < -0.39 is 6.61 Å². The molecular weight excluding hydrogens is 382 g/mol. The van der Waals surface area contributed by atoms with Crippen LogP contribution in [0.4, 0.5) is 14.5 Å². The monoisotopic (exact) mass is 406 g/mol. The standard InChI is InChI=1S/C21H24F2N2O4/c1-4-25-13-15(28-17-8-6-5-7-16(17)25)12-24(2)20(26)14-9-10-18(29-21(22)23)19(11-14)27-3/h5-11,15,21H,4,12-13H2,1-3H3/t15-/m0/s1. The molecule has 156 valence electrons. The molecule has 0 saturated heterocycles. The van der Waals surface area contributed by atoms with Gasteiger partial charge in [0.05, 0.1) is 25.9 Å². The van der Waals surface area contributed by atoms with E-state index in [2.05, 4.69) is 16.6 Å². The summed E-state index contributed by atoms with van der Waals surface area (Å²) >= 11 is 0. The SMILES string of the molecule is CCN1C[C@H](CN(C)C(=O)c2ccc(OC(F)F)c(OC)c2)Oc2ccccc21. The van der Waals surface area contributed by atoms with E-state index in [0.717, 1.165) is 18.0 Å². The van der Waals surface area contributed by atoms with Crippen LogP contribution in [0.3, 0.4) is 0 Å². The van der Waals surface area contributed by atoms with Crippen LogP contribution in [0.25, 0.3) is 0 Å². The maximum Gasteiger partial charge on any atom is 0.387 e. The number of halogens is 2. The van der Waals surface area contributed by atoms with Gasteiger partial charge in [-0.2, -0.15) is 8.78 Å². The van der Waals surface area contributed by atoms with Crippen LogP contribution in [0, 0.1) is 0 Å². The number of benzene rings is 2. The van der Waals surface area contributed by atoms with Gasteiger partial charge in [-0.05, 0) is 37.3 Å². The largest absolute Gasteiger partial charge is 0.493 e. The number of para-hydroxylation sites is 2. The Balaban J connectivity index is 1.71. The van der Waals surface area contributed by atoms with E-state index in [9.17, 15) is 13.6 Å². The minimum atomic E-state index is -2.97. The van der Waals surface area contributed by atoms with E-state index in [-0.39, 0.29) is 23.5 Å². The summed E-state index contributed by atoms with van der Waals surface area (Å²) in [5.74, 6) is 0.482. The molecule has 0 bridgehead atoms. The van der Waals surface area contributed by atoms with Gasteiger partial charge in [-0.3, -0.25) is 4.79 Å². The Kier molecular flexibility index (Phi) is 6.41. The number of likely N-dealkylation sites (N-methyl/N-ethyl adjacent to an activating group) is 2. The predicted octanol–water partition coefficient (Wildman–Crippen LogP) is 3.66. The first-order chi connectivity index (χ1) is 13.9. The van der Waals surface area contributed by atoms with Crippen LogP contribution in [0.5, 0.6) is 17.2 Å². The number of hydrogen-bond donors (Lipinski definition) is 0. The number of hydrogen-bond acceptors (Lipinski definition) is 5. The Hall–Kier alpha value is -3.03. The van der Waals surface area contributed by atoms with Crippen molar-refractivity contribution in [3.63, 3.8) is 0 Å². The number of carbonyl (C=O) groups is 1. The smallest absolute Gasteiger partial charge is 0.387 e. The lowest BCUT2D eigenvalue weighted by Gasteiger charge is -2.37. The molecule has 1 heterocycles. The highest BCUT2D eigenvalue weighted by Crippen LogP contribution is 2.33. The van der Waals surface area contributed by atoms with Crippen molar-refractivity contribution >= 4 is 11.6 Å². The summed E-state index contributed by atoms with van der Waals surface area (Å²) in [6.45, 7) is 0.971. The maximum absolute atomic E-state index is 12.8. The molecule has 6 nitrogen and oxygen atoms in total. The third-order valence-electron chi connectivity index (χ3n) is 4.76. The molecule has 0 unspecified atom stereocenters. The lowest BCUT2D eigenvalue weighted by atomic mass is 10.1. The summed E-state index contributed by atoms with van der Waals surface area (Å²) in [6.07, 6.45) is -0.192. The van der Waals surface area contributed by atoms with Gasteiger partial charge in [0.15, 0.2) is 11.5 Å². The van der Waals surface area contributed by atoms with E-state index in [1.807, 2.05) is 24.3 Å². The number of anilines is 1. The van der Waals surface area contributed by atoms with Gasteiger partial charge in [-0.25, -0.2) is 0 Å². The minimum absolute atomic E-state index is 0.0737. The first-order valence-corrected chi connectivity index (χ1v) is 9.31. The summed E-state index contributed by atoms with van der Waals surface area (Å²) in [4.78, 5) is 16.6. The van der Waals surface area contributed by atoms with Gasteiger partial charge in [0.1, 0.15) is 11.9 Å². The second-order valence-electron chi connectivity index (χ2n) is 6.68. The van der Waals surface area contributed by atoms with E-state index >= 15 is 0 Å². The highest BCUT2D eigenvalue weighted by atomic mass is 19.3. The number of alkyl halides is 2. The fraction of sp³-hybridized carbons (Fsp3) is 0.381. The van der Waals surface area contributed by atoms with Crippen LogP contribution < -0.4 is 19.1 Å². The lowest BCUT2D eigenvalue weighted by Crippen LogP contribution is -2.46. The Morgan fingerprint density at radius 3 is 2.72 bits per heavy atom. The molecule has 1 aliphatic rings. The van der Waals surface area contributed by atoms with E-state index in [0.29, 0.717) is 18.7 Å². The first-order valence-electron chi connectivity index (χ1n) is 9.31. The molecule has 1 amide bonds. The van der Waals surface area contributed by atoms with Crippen LogP contribution in [0.2, 0.25) is 0 Å². The van der Waals surface area contributed by atoms with Crippen molar-refractivity contribution in [2.75, 3.05) is 38.7 Å². The average molecular weight is 406 g/mol. The Labute approximate surface area is 168 Å². The molecule has 0 radical (unpaired) electrons. The third-order valence-corrected chi connectivity index (χ3v) is 4.76. The summed E-state index contributed by atoms with van der Waals surface area (Å²) in [5.41, 5.74) is 1.36. The molecule has 1 atom stereocenters. The van der Waals surface area contributed by atoms with E-state index in [4.69, 9.17) is 9.47 Å². The molecule has 1 aliphatic heterocycles. The lowest BCUT2D eigenvalue weighted by molar-refractivity contribution is -0.0512. The van der Waals surface area contributed by atoms with Crippen molar-refractivity contribution in [3.05, 3.63) is 48.0 Å². The van der Waals surface area contributed by atoms with Crippen molar-refractivity contribution in [2.45, 2.75) is 19.6 Å². The van der Waals surface area contributed by atoms with E-state index in [1.54, 1.807) is 11.9 Å². The molecule has 29 heavy (non-hydrogen) atoms. The predicted molar refractivity (Wildman–Crippen MR) is 105 cm³/mol. The summed E-state index contributed by atoms with van der Waals surface area (Å²) in [7, 11) is 3.01. The van der Waals surface area contributed by atoms with Crippen LogP contribution in [-0.2, 0) is 0 Å². The number of methoxy groups -OCH3 is 1. The normalized spacial score (nSPS) is 15.5. The molecule has 8 heteroatoms. The van der Waals surface area contributed by atoms with Crippen molar-refractivity contribution < 1.29 is 27.8 Å². The Morgan fingerprint density at radius 2 is 2.03 bits per heavy atom. The molecule has 0 aliphatic carbocycles. The number of ether oxygens (including phenoxy) is 3. The number of amides is 1. The molecular formula is C21H24F2N2O4. The fourth-order valence-electron chi connectivity index (χ4n) is 3.38. The van der Waals surface area contributed by atoms with Gasteiger partial charge in [-0.15, -0.1) is 0 Å². The van der Waals surface area contributed by atoms with Crippen molar-refractivity contribution in [3.8, 4) is 17.2 Å². The molecule has 2 aromatic carbocycles. The van der Waals surface area contributed by atoms with Gasteiger partial charge in [0.25, 0.3) is 5.91 Å². The molecule has 3 rings (SSSR count). The van der Waals surface area contributed by atoms with Crippen LogP contribution in [0.1, 0.15) is 17.3 Å². The second-order valence-corrected chi connectivity index (χ2v) is 6.68. The van der Waals surface area contributed by atoms with Crippen molar-refractivity contribution in [2.24, 2.45) is 0 Å². The zero-order valence-corrected chi connectivity index (χ0v) is 16.6. The highest BCUT2D eigenvalue weighted by Gasteiger charge is 2.27. The summed E-state index contributed by atoms with van der Waals surface area (Å²) in [6, 6.07) is 11.9. The van der Waals surface area contributed by atoms with Crippen LogP contribution >= 0.6 is 0 Å². The quantitative estimate of drug-likeness (QED) is 0.703. The number of carbonyl (C=O) groups excluding carboxylic acids is 1. The number of fused-ring (bicyclic) bond motifs is 1. The van der Waals surface area contributed by atoms with Gasteiger partial charge in [0.2, 0.25) is 0 Å². The average Bonchev–Trinajstić information content (AvgIpc) is 2.72. The van der Waals surface area contributed by atoms with Crippen molar-refractivity contribution in [1.29, 1.82) is 0 Å². The van der Waals surface area contributed by atoms with Gasteiger partial charge < -0.3 is 24.0 Å². The molecule has 0 aromatic heterocycles. The van der Waals surface area contributed by atoms with Crippen LogP contribution in [0.15, 0.2) is 42.5 Å². The Morgan fingerprint density at radius 1 is 1.28 bits per heavy atom. The summed E-state index contributed by atoms with van der Waals surface area (Å²) < 4.78 is 40.5. The molecule has 0 N–H and O–H groups in total. The molecule has 2 aromatic rings. The first kappa shape index (κ1) is 20.7. The van der Waals surface area contributed by atoms with Crippen LogP contribution in [-0.4, -0.2) is 57.3 Å². The van der Waals surface area contributed by atoms with Gasteiger partial charge in [0, 0.05) is 19.2 Å². The van der Waals surface area contributed by atoms with E-state index in [1.165, 1.54) is 25.3 Å². The molecule has 0 saturated carbocycles. The Bertz CT molecular complexity index is 862. The highest BCUT2D eigenvalue weighted by molar-refractivity contribution is 5.94. The zero-order valence-electron chi connectivity index (χ0n) is 16.6. The maximum atomic E-state index is 12.8. The number of nitrogens with zero attached hydrogens (tertiary/aromatic N) is 2. The van der Waals surface area contributed by atoms with Crippen molar-refractivity contribution in [1.82, 2.24) is 4.90 Å².